The van der Waals surface area contributed by atoms with Crippen molar-refractivity contribution in [3.05, 3.63) is 35.9 Å². The molecule has 0 N–H and O–H groups in total. The van der Waals surface area contributed by atoms with Crippen LogP contribution >= 0.6 is 0 Å². The van der Waals surface area contributed by atoms with Gasteiger partial charge in [-0.2, -0.15) is 0 Å². The number of carbonyl (C=O) groups is 1. The van der Waals surface area contributed by atoms with Gasteiger partial charge < -0.3 is 19.1 Å². The molecule has 1 aromatic carbocycles. The molecule has 3 aliphatic rings. The van der Waals surface area contributed by atoms with E-state index in [4.69, 9.17) is 14.2 Å². The van der Waals surface area contributed by atoms with Gasteiger partial charge in [0.2, 0.25) is 0 Å². The van der Waals surface area contributed by atoms with E-state index in [0.29, 0.717) is 12.5 Å². The van der Waals surface area contributed by atoms with Crippen LogP contribution in [0.25, 0.3) is 0 Å². The van der Waals surface area contributed by atoms with Crippen molar-refractivity contribution in [2.75, 3.05) is 33.0 Å². The number of carbonyl (C=O) groups excluding carboxylic acids is 1. The first-order valence-electron chi connectivity index (χ1n) is 9.50. The molecule has 136 valence electrons. The summed E-state index contributed by atoms with van der Waals surface area (Å²) in [6, 6.07) is 9.68. The molecule has 1 amide bonds. The van der Waals surface area contributed by atoms with E-state index < -0.39 is 0 Å². The Bertz CT molecular complexity index is 572. The highest BCUT2D eigenvalue weighted by atomic mass is 16.5. The lowest BCUT2D eigenvalue weighted by atomic mass is 10.0. The average molecular weight is 345 g/mol. The molecule has 0 radical (unpaired) electrons. The van der Waals surface area contributed by atoms with Crippen molar-refractivity contribution in [1.29, 1.82) is 0 Å². The number of nitrogens with zero attached hydrogens (tertiary/aromatic N) is 1. The Balaban J connectivity index is 1.43. The van der Waals surface area contributed by atoms with Gasteiger partial charge in [-0.05, 0) is 43.7 Å². The third-order valence-electron chi connectivity index (χ3n) is 5.65. The molecule has 25 heavy (non-hydrogen) atoms. The summed E-state index contributed by atoms with van der Waals surface area (Å²) in [6.45, 7) is 3.81. The van der Waals surface area contributed by atoms with Gasteiger partial charge in [0.05, 0.1) is 19.2 Å². The molecular formula is C20H27NO4. The van der Waals surface area contributed by atoms with Crippen LogP contribution in [0.15, 0.2) is 30.3 Å². The van der Waals surface area contributed by atoms with Crippen LogP contribution in [0, 0.1) is 5.92 Å². The third kappa shape index (κ3) is 3.73. The third-order valence-corrected chi connectivity index (χ3v) is 5.65. The van der Waals surface area contributed by atoms with Crippen LogP contribution in [-0.2, 0) is 14.2 Å². The zero-order valence-corrected chi connectivity index (χ0v) is 14.6. The number of fused-ring (bicyclic) bond motifs is 1. The van der Waals surface area contributed by atoms with Crippen molar-refractivity contribution in [3.8, 4) is 0 Å². The van der Waals surface area contributed by atoms with Gasteiger partial charge in [0, 0.05) is 25.4 Å². The lowest BCUT2D eigenvalue weighted by molar-refractivity contribution is -0.0886. The molecule has 0 spiro atoms. The van der Waals surface area contributed by atoms with Gasteiger partial charge >= 0.3 is 0 Å². The number of hydrogen-bond acceptors (Lipinski definition) is 4. The Kier molecular flexibility index (Phi) is 5.34. The number of rotatable bonds is 4. The minimum Gasteiger partial charge on any atom is -0.381 e. The van der Waals surface area contributed by atoms with E-state index in [-0.39, 0.29) is 24.2 Å². The van der Waals surface area contributed by atoms with E-state index in [1.54, 1.807) is 0 Å². The second-order valence-corrected chi connectivity index (χ2v) is 7.30. The Morgan fingerprint density at radius 3 is 2.72 bits per heavy atom. The van der Waals surface area contributed by atoms with Crippen LogP contribution in [0.2, 0.25) is 0 Å². The first-order valence-corrected chi connectivity index (χ1v) is 9.50. The maximum Gasteiger partial charge on any atom is 0.254 e. The molecule has 5 heteroatoms. The number of amides is 1. The minimum atomic E-state index is -0.0131. The zero-order chi connectivity index (χ0) is 17.1. The summed E-state index contributed by atoms with van der Waals surface area (Å²) in [6.07, 6.45) is 4.14. The number of hydrogen-bond donors (Lipinski definition) is 0. The summed E-state index contributed by atoms with van der Waals surface area (Å²) in [5, 5.41) is 0. The van der Waals surface area contributed by atoms with E-state index in [9.17, 15) is 4.79 Å². The van der Waals surface area contributed by atoms with Crippen molar-refractivity contribution in [2.45, 2.75) is 43.9 Å². The smallest absolute Gasteiger partial charge is 0.254 e. The number of likely N-dealkylation sites (tertiary alicyclic amines) is 1. The van der Waals surface area contributed by atoms with Crippen molar-refractivity contribution < 1.29 is 19.0 Å². The van der Waals surface area contributed by atoms with Crippen LogP contribution in [-0.4, -0.2) is 62.0 Å². The van der Waals surface area contributed by atoms with E-state index in [2.05, 4.69) is 0 Å². The van der Waals surface area contributed by atoms with E-state index in [1.165, 1.54) is 0 Å². The summed E-state index contributed by atoms with van der Waals surface area (Å²) < 4.78 is 17.7. The predicted molar refractivity (Wildman–Crippen MR) is 93.5 cm³/mol. The van der Waals surface area contributed by atoms with Crippen molar-refractivity contribution in [1.82, 2.24) is 4.90 Å². The number of benzene rings is 1. The number of ether oxygens (including phenoxy) is 3. The molecule has 3 atom stereocenters. The molecule has 3 heterocycles. The SMILES string of the molecule is O=C(c1ccccc1)N1C[C@H](OCC2CCOCC2)[C@H]2OCCC[C@H]21. The molecule has 0 saturated carbocycles. The molecule has 0 bridgehead atoms. The highest BCUT2D eigenvalue weighted by Crippen LogP contribution is 2.32. The molecular weight excluding hydrogens is 318 g/mol. The van der Waals surface area contributed by atoms with E-state index in [0.717, 1.165) is 57.7 Å². The summed E-state index contributed by atoms with van der Waals surface area (Å²) in [7, 11) is 0. The van der Waals surface area contributed by atoms with Crippen LogP contribution in [0.4, 0.5) is 0 Å². The molecule has 4 rings (SSSR count). The molecule has 0 aliphatic carbocycles. The first-order chi connectivity index (χ1) is 12.3. The second-order valence-electron chi connectivity index (χ2n) is 7.30. The molecule has 3 fully saturated rings. The van der Waals surface area contributed by atoms with Gasteiger partial charge in [-0.15, -0.1) is 0 Å². The molecule has 3 saturated heterocycles. The fraction of sp³-hybridized carbons (Fsp3) is 0.650. The Morgan fingerprint density at radius 1 is 1.12 bits per heavy atom. The predicted octanol–water partition coefficient (Wildman–Crippen LogP) is 2.50. The zero-order valence-electron chi connectivity index (χ0n) is 14.6. The maximum absolute atomic E-state index is 13.0. The maximum atomic E-state index is 13.0. The lowest BCUT2D eigenvalue weighted by Gasteiger charge is -2.32. The van der Waals surface area contributed by atoms with Gasteiger partial charge in [0.25, 0.3) is 5.91 Å². The van der Waals surface area contributed by atoms with Gasteiger partial charge in [-0.1, -0.05) is 18.2 Å². The molecule has 3 aliphatic heterocycles. The largest absolute Gasteiger partial charge is 0.381 e. The Labute approximate surface area is 149 Å². The van der Waals surface area contributed by atoms with Crippen molar-refractivity contribution >= 4 is 5.91 Å². The summed E-state index contributed by atoms with van der Waals surface area (Å²) in [4.78, 5) is 14.9. The summed E-state index contributed by atoms with van der Waals surface area (Å²) in [5.74, 6) is 0.660. The molecule has 0 unspecified atom stereocenters. The first kappa shape index (κ1) is 17.0. The Hall–Kier alpha value is -1.43. The van der Waals surface area contributed by atoms with Gasteiger partial charge in [-0.3, -0.25) is 4.79 Å². The molecule has 5 nitrogen and oxygen atoms in total. The average Bonchev–Trinajstić information content (AvgIpc) is 3.06. The van der Waals surface area contributed by atoms with Crippen molar-refractivity contribution in [2.24, 2.45) is 5.92 Å². The van der Waals surface area contributed by atoms with E-state index in [1.807, 2.05) is 35.2 Å². The second kappa shape index (κ2) is 7.85. The summed E-state index contributed by atoms with van der Waals surface area (Å²) in [5.41, 5.74) is 0.747. The fourth-order valence-electron chi connectivity index (χ4n) is 4.21. The highest BCUT2D eigenvalue weighted by molar-refractivity contribution is 5.94. The molecule has 0 aromatic heterocycles. The van der Waals surface area contributed by atoms with Crippen LogP contribution in [0.5, 0.6) is 0 Å². The Morgan fingerprint density at radius 2 is 1.92 bits per heavy atom. The summed E-state index contributed by atoms with van der Waals surface area (Å²) >= 11 is 0. The van der Waals surface area contributed by atoms with E-state index >= 15 is 0 Å². The van der Waals surface area contributed by atoms with Crippen LogP contribution in [0.1, 0.15) is 36.0 Å². The fourth-order valence-corrected chi connectivity index (χ4v) is 4.21. The molecule has 1 aromatic rings. The van der Waals surface area contributed by atoms with Gasteiger partial charge in [0.1, 0.15) is 12.2 Å². The van der Waals surface area contributed by atoms with Gasteiger partial charge in [-0.25, -0.2) is 0 Å². The highest BCUT2D eigenvalue weighted by Gasteiger charge is 2.46. The van der Waals surface area contributed by atoms with Crippen LogP contribution in [0.3, 0.4) is 0 Å². The topological polar surface area (TPSA) is 48.0 Å². The van der Waals surface area contributed by atoms with Crippen molar-refractivity contribution in [3.63, 3.8) is 0 Å². The standard InChI is InChI=1S/C20H27NO4/c22-20(16-5-2-1-3-6-16)21-13-18(19-17(21)7-4-10-24-19)25-14-15-8-11-23-12-9-15/h1-3,5-6,15,17-19H,4,7-14H2/t17-,18+,19+/m1/s1. The lowest BCUT2D eigenvalue weighted by Crippen LogP contribution is -2.44. The monoisotopic (exact) mass is 345 g/mol. The van der Waals surface area contributed by atoms with Gasteiger partial charge in [0.15, 0.2) is 0 Å². The quantitative estimate of drug-likeness (QED) is 0.841. The van der Waals surface area contributed by atoms with Crippen LogP contribution < -0.4 is 0 Å². The minimum absolute atomic E-state index is 0.0131. The normalized spacial score (nSPS) is 30.2.